The van der Waals surface area contributed by atoms with Gasteiger partial charge in [-0.1, -0.05) is 48.6 Å². The van der Waals surface area contributed by atoms with Gasteiger partial charge in [-0.05, 0) is 44.7 Å². The van der Waals surface area contributed by atoms with Gasteiger partial charge in [-0.2, -0.15) is 0 Å². The van der Waals surface area contributed by atoms with Crippen molar-refractivity contribution < 1.29 is 29.0 Å². The van der Waals surface area contributed by atoms with E-state index in [0.29, 0.717) is 11.9 Å². The molecule has 1 aromatic heterocycles. The van der Waals surface area contributed by atoms with E-state index < -0.39 is 41.1 Å². The van der Waals surface area contributed by atoms with Crippen molar-refractivity contribution in [1.29, 1.82) is 0 Å². The van der Waals surface area contributed by atoms with Gasteiger partial charge in [0, 0.05) is 6.54 Å². The Labute approximate surface area is 232 Å². The number of aliphatic hydroxyl groups excluding tert-OH is 1. The Morgan fingerprint density at radius 3 is 2.73 bits per heavy atom. The first-order chi connectivity index (χ1) is 19.3. The van der Waals surface area contributed by atoms with Crippen molar-refractivity contribution >= 4 is 28.8 Å². The summed E-state index contributed by atoms with van der Waals surface area (Å²) in [7, 11) is 0. The van der Waals surface area contributed by atoms with Crippen LogP contribution in [0.4, 0.5) is 0 Å². The van der Waals surface area contributed by atoms with Crippen LogP contribution in [0.25, 0.3) is 11.0 Å². The van der Waals surface area contributed by atoms with Gasteiger partial charge in [0.25, 0.3) is 5.91 Å². The predicted molar refractivity (Wildman–Crippen MR) is 143 cm³/mol. The summed E-state index contributed by atoms with van der Waals surface area (Å²) < 4.78 is 14.1. The molecule has 2 saturated heterocycles. The molecule has 0 saturated carbocycles. The van der Waals surface area contributed by atoms with E-state index in [0.717, 1.165) is 24.8 Å². The average molecular weight is 550 g/mol. The molecule has 2 amide bonds. The number of likely N-dealkylation sites (tertiary alicyclic amines) is 1. The maximum Gasteiger partial charge on any atom is 0.313 e. The zero-order valence-electron chi connectivity index (χ0n) is 22.8. The highest BCUT2D eigenvalue weighted by atomic mass is 16.6. The lowest BCUT2D eigenvalue weighted by Gasteiger charge is -2.40. The number of allylic oxidation sites excluding steroid dienone is 1. The van der Waals surface area contributed by atoms with Gasteiger partial charge in [0.1, 0.15) is 29.7 Å². The fraction of sp³-hybridized carbons (Fsp3) is 0.552. The molecule has 1 N–H and O–H groups in total. The van der Waals surface area contributed by atoms with Crippen LogP contribution in [0.2, 0.25) is 0 Å². The summed E-state index contributed by atoms with van der Waals surface area (Å²) in [5.74, 6) is -3.14. The van der Waals surface area contributed by atoms with Crippen LogP contribution < -0.4 is 0 Å². The number of cyclic esters (lactones) is 1. The molecule has 2 fully saturated rings. The standard InChI is InChI=1S/C29H35N5O6/c1-3-19(17-35)34-24-26(37)32(18-33-21-12-7-6-11-20(21)30-31-33)15-10-14-29(24)22(25(34)36)23-27(38)39-16-9-5-4-8-13-28(23,2)40-29/h6-8,10-14,19,22-24,35H,3-5,9,15-18H2,1-2H3/b13-8-/t19-,22-,23+,24?,28-,29-/m0/s1. The number of amides is 2. The Hall–Kier alpha value is -3.57. The molecule has 0 radical (unpaired) electrons. The van der Waals surface area contributed by atoms with Crippen LogP contribution in [0.15, 0.2) is 48.6 Å². The van der Waals surface area contributed by atoms with Crippen LogP contribution in [0.5, 0.6) is 0 Å². The highest BCUT2D eigenvalue weighted by Crippen LogP contribution is 2.57. The minimum absolute atomic E-state index is 0.113. The summed E-state index contributed by atoms with van der Waals surface area (Å²) in [6.07, 6.45) is 10.3. The number of carbonyl (C=O) groups is 3. The first kappa shape index (κ1) is 26.6. The lowest BCUT2D eigenvalue weighted by Crippen LogP contribution is -2.58. The minimum atomic E-state index is -1.41. The average Bonchev–Trinajstić information content (AvgIpc) is 3.51. The Morgan fingerprint density at radius 1 is 1.10 bits per heavy atom. The molecule has 6 atom stereocenters. The van der Waals surface area contributed by atoms with Crippen LogP contribution in [0, 0.1) is 11.8 Å². The SMILES string of the molecule is CC[C@@H](CO)N1C(=O)[C@@H]2[C@@H]3C(=O)OCCCC/C=C\[C@]3(C)O[C@@]23C=CCN(Cn2nnc4ccccc42)C(=O)C13. The van der Waals surface area contributed by atoms with Gasteiger partial charge in [0.15, 0.2) is 0 Å². The van der Waals surface area contributed by atoms with Gasteiger partial charge < -0.3 is 24.4 Å². The Bertz CT molecular complexity index is 1380. The Morgan fingerprint density at radius 2 is 1.93 bits per heavy atom. The molecule has 1 unspecified atom stereocenters. The van der Waals surface area contributed by atoms with Gasteiger partial charge in [-0.25, -0.2) is 4.68 Å². The molecule has 0 aliphatic carbocycles. The molecule has 11 nitrogen and oxygen atoms in total. The number of aromatic nitrogens is 3. The van der Waals surface area contributed by atoms with Crippen molar-refractivity contribution in [3.8, 4) is 0 Å². The second-order valence-electron chi connectivity index (χ2n) is 11.2. The maximum atomic E-state index is 14.5. The molecular formula is C29H35N5O6. The van der Waals surface area contributed by atoms with Crippen LogP contribution >= 0.6 is 0 Å². The zero-order valence-corrected chi connectivity index (χ0v) is 22.8. The highest BCUT2D eigenvalue weighted by Gasteiger charge is 2.75. The van der Waals surface area contributed by atoms with E-state index in [9.17, 15) is 19.5 Å². The van der Waals surface area contributed by atoms with Crippen LogP contribution in [-0.2, 0) is 30.5 Å². The van der Waals surface area contributed by atoms with Gasteiger partial charge in [-0.15, -0.1) is 5.10 Å². The Balaban J connectivity index is 1.45. The van der Waals surface area contributed by atoms with Gasteiger partial charge in [0.05, 0.1) is 36.3 Å². The molecule has 40 heavy (non-hydrogen) atoms. The molecule has 4 aliphatic rings. The lowest BCUT2D eigenvalue weighted by atomic mass is 9.74. The van der Waals surface area contributed by atoms with Crippen LogP contribution in [0.1, 0.15) is 39.5 Å². The van der Waals surface area contributed by atoms with Crippen LogP contribution in [-0.4, -0.2) is 90.7 Å². The number of benzene rings is 1. The number of nitrogens with zero attached hydrogens (tertiary/aromatic N) is 5. The third-order valence-electron chi connectivity index (χ3n) is 8.82. The number of carbonyl (C=O) groups excluding carboxylic acids is 3. The van der Waals surface area contributed by atoms with Gasteiger partial charge >= 0.3 is 5.97 Å². The van der Waals surface area contributed by atoms with Crippen molar-refractivity contribution in [2.45, 2.75) is 69.5 Å². The quantitative estimate of drug-likeness (QED) is 0.442. The largest absolute Gasteiger partial charge is 0.465 e. The second-order valence-corrected chi connectivity index (χ2v) is 11.2. The molecule has 212 valence electrons. The number of esters is 1. The molecule has 1 aromatic carbocycles. The van der Waals surface area contributed by atoms with E-state index in [1.807, 2.05) is 49.4 Å². The van der Waals surface area contributed by atoms with E-state index in [2.05, 4.69) is 10.3 Å². The van der Waals surface area contributed by atoms with Crippen molar-refractivity contribution in [1.82, 2.24) is 24.8 Å². The smallest absolute Gasteiger partial charge is 0.313 e. The predicted octanol–water partition coefficient (Wildman–Crippen LogP) is 1.81. The summed E-state index contributed by atoms with van der Waals surface area (Å²) in [5, 5.41) is 18.7. The molecular weight excluding hydrogens is 514 g/mol. The zero-order chi connectivity index (χ0) is 28.1. The van der Waals surface area contributed by atoms with Crippen molar-refractivity contribution in [2.24, 2.45) is 11.8 Å². The molecule has 0 bridgehead atoms. The van der Waals surface area contributed by atoms with Gasteiger partial charge in [-0.3, -0.25) is 14.4 Å². The summed E-state index contributed by atoms with van der Waals surface area (Å²) in [6.45, 7) is 3.96. The number of hydrogen-bond donors (Lipinski definition) is 1. The third kappa shape index (κ3) is 3.97. The number of fused-ring (bicyclic) bond motifs is 3. The number of aliphatic hydroxyl groups is 1. The molecule has 11 heteroatoms. The molecule has 6 rings (SSSR count). The molecule has 2 aromatic rings. The van der Waals surface area contributed by atoms with Crippen molar-refractivity contribution in [2.75, 3.05) is 19.8 Å². The van der Waals surface area contributed by atoms with E-state index in [-0.39, 0.29) is 38.2 Å². The fourth-order valence-corrected chi connectivity index (χ4v) is 6.90. The lowest BCUT2D eigenvalue weighted by molar-refractivity contribution is -0.162. The first-order valence-corrected chi connectivity index (χ1v) is 14.1. The first-order valence-electron chi connectivity index (χ1n) is 14.1. The summed E-state index contributed by atoms with van der Waals surface area (Å²) in [6, 6.07) is 5.79. The fourth-order valence-electron chi connectivity index (χ4n) is 6.90. The third-order valence-corrected chi connectivity index (χ3v) is 8.82. The maximum absolute atomic E-state index is 14.5. The van der Waals surface area contributed by atoms with E-state index in [4.69, 9.17) is 9.47 Å². The summed E-state index contributed by atoms with van der Waals surface area (Å²) >= 11 is 0. The van der Waals surface area contributed by atoms with E-state index in [1.165, 1.54) is 4.90 Å². The highest BCUT2D eigenvalue weighted by molar-refractivity contribution is 5.99. The summed E-state index contributed by atoms with van der Waals surface area (Å²) in [4.78, 5) is 45.5. The van der Waals surface area contributed by atoms with Crippen molar-refractivity contribution in [3.05, 3.63) is 48.6 Å². The molecule has 5 heterocycles. The second kappa shape index (κ2) is 10.1. The number of hydrogen-bond acceptors (Lipinski definition) is 8. The monoisotopic (exact) mass is 549 g/mol. The van der Waals surface area contributed by atoms with Crippen LogP contribution in [0.3, 0.4) is 0 Å². The summed E-state index contributed by atoms with van der Waals surface area (Å²) in [5.41, 5.74) is -1.07. The molecule has 4 aliphatic heterocycles. The minimum Gasteiger partial charge on any atom is -0.465 e. The number of ether oxygens (including phenoxy) is 2. The van der Waals surface area contributed by atoms with Gasteiger partial charge in [0.2, 0.25) is 5.91 Å². The van der Waals surface area contributed by atoms with E-state index in [1.54, 1.807) is 22.6 Å². The number of para-hydroxylation sites is 1. The van der Waals surface area contributed by atoms with E-state index >= 15 is 0 Å². The Kier molecular flexibility index (Phi) is 6.74. The topological polar surface area (TPSA) is 127 Å². The molecule has 1 spiro atoms. The number of rotatable bonds is 5. The normalized spacial score (nSPS) is 33.8. The van der Waals surface area contributed by atoms with Crippen molar-refractivity contribution in [3.63, 3.8) is 0 Å².